The van der Waals surface area contributed by atoms with Crippen molar-refractivity contribution in [3.05, 3.63) is 58.7 Å². The molecule has 0 saturated heterocycles. The van der Waals surface area contributed by atoms with Gasteiger partial charge in [0, 0.05) is 12.6 Å². The summed E-state index contributed by atoms with van der Waals surface area (Å²) >= 11 is 0. The van der Waals surface area contributed by atoms with Crippen LogP contribution in [0.5, 0.6) is 5.88 Å². The third-order valence-electron chi connectivity index (χ3n) is 3.89. The van der Waals surface area contributed by atoms with Crippen molar-refractivity contribution in [3.8, 4) is 11.9 Å². The van der Waals surface area contributed by atoms with E-state index in [4.69, 9.17) is 10.5 Å². The van der Waals surface area contributed by atoms with E-state index in [1.54, 1.807) is 27.0 Å². The van der Waals surface area contributed by atoms with E-state index in [0.717, 1.165) is 6.08 Å². The first kappa shape index (κ1) is 18.4. The topological polar surface area (TPSA) is 76.9 Å². The molecular formula is C17H17F3N4O. The number of halogens is 3. The minimum absolute atomic E-state index is 0.0922. The molecule has 1 atom stereocenters. The maximum atomic E-state index is 12.7. The summed E-state index contributed by atoms with van der Waals surface area (Å²) in [5, 5.41) is 13.7. The van der Waals surface area contributed by atoms with Crippen LogP contribution in [0.15, 0.2) is 47.4 Å². The second-order valence-electron chi connectivity index (χ2n) is 5.50. The fourth-order valence-corrected chi connectivity index (χ4v) is 2.66. The van der Waals surface area contributed by atoms with Gasteiger partial charge in [-0.2, -0.15) is 23.5 Å². The molecule has 1 aliphatic heterocycles. The number of fused-ring (bicyclic) bond motifs is 1. The molecule has 0 amide bonds. The molecule has 132 valence electrons. The average molecular weight is 350 g/mol. The van der Waals surface area contributed by atoms with Gasteiger partial charge in [0.1, 0.15) is 11.6 Å². The number of nitriles is 1. The quantitative estimate of drug-likeness (QED) is 0.846. The van der Waals surface area contributed by atoms with Crippen LogP contribution in [-0.2, 0) is 7.05 Å². The SMILES string of the molecule is C=C(/C=C\C(=C/C)C1C(C#N)=C(N)Oc2c1c(C)nn2C)C(F)(F)F. The molecule has 2 heterocycles. The highest BCUT2D eigenvalue weighted by molar-refractivity contribution is 5.56. The summed E-state index contributed by atoms with van der Waals surface area (Å²) in [6.07, 6.45) is -0.738. The Bertz CT molecular complexity index is 850. The lowest BCUT2D eigenvalue weighted by Crippen LogP contribution is -2.22. The molecule has 0 aromatic carbocycles. The molecule has 1 aromatic rings. The van der Waals surface area contributed by atoms with Gasteiger partial charge in [-0.1, -0.05) is 24.8 Å². The number of nitrogens with zero attached hydrogens (tertiary/aromatic N) is 3. The van der Waals surface area contributed by atoms with E-state index in [1.165, 1.54) is 10.8 Å². The molecule has 1 aliphatic rings. The van der Waals surface area contributed by atoms with Crippen LogP contribution in [0.3, 0.4) is 0 Å². The Kier molecular flexibility index (Phi) is 4.79. The van der Waals surface area contributed by atoms with Crippen molar-refractivity contribution >= 4 is 0 Å². The number of alkyl halides is 3. The maximum Gasteiger partial charge on any atom is 0.415 e. The Morgan fingerprint density at radius 2 is 2.08 bits per heavy atom. The van der Waals surface area contributed by atoms with Gasteiger partial charge in [-0.25, -0.2) is 4.68 Å². The van der Waals surface area contributed by atoms with Crippen molar-refractivity contribution in [2.45, 2.75) is 25.9 Å². The highest BCUT2D eigenvalue weighted by atomic mass is 19.4. The van der Waals surface area contributed by atoms with Gasteiger partial charge in [0.15, 0.2) is 0 Å². The summed E-state index contributed by atoms with van der Waals surface area (Å²) in [7, 11) is 1.66. The van der Waals surface area contributed by atoms with Crippen LogP contribution in [0, 0.1) is 18.3 Å². The smallest absolute Gasteiger partial charge is 0.415 e. The van der Waals surface area contributed by atoms with Crippen LogP contribution in [0.4, 0.5) is 13.2 Å². The van der Waals surface area contributed by atoms with Gasteiger partial charge in [0.25, 0.3) is 0 Å². The first-order chi connectivity index (χ1) is 11.6. The summed E-state index contributed by atoms with van der Waals surface area (Å²) in [4.78, 5) is 0. The minimum Gasteiger partial charge on any atom is -0.422 e. The van der Waals surface area contributed by atoms with E-state index >= 15 is 0 Å². The lowest BCUT2D eigenvalue weighted by atomic mass is 9.83. The predicted molar refractivity (Wildman–Crippen MR) is 86.2 cm³/mol. The molecular weight excluding hydrogens is 333 g/mol. The Hall–Kier alpha value is -2.95. The van der Waals surface area contributed by atoms with Crippen molar-refractivity contribution in [1.29, 1.82) is 5.26 Å². The van der Waals surface area contributed by atoms with Crippen LogP contribution in [-0.4, -0.2) is 16.0 Å². The number of rotatable bonds is 3. The van der Waals surface area contributed by atoms with E-state index in [-0.39, 0.29) is 11.5 Å². The highest BCUT2D eigenvalue weighted by Crippen LogP contribution is 2.44. The zero-order valence-electron chi connectivity index (χ0n) is 14.0. The van der Waals surface area contributed by atoms with Crippen LogP contribution in [0.1, 0.15) is 24.1 Å². The molecule has 8 heteroatoms. The van der Waals surface area contributed by atoms with Gasteiger partial charge in [-0.3, -0.25) is 0 Å². The van der Waals surface area contributed by atoms with E-state index < -0.39 is 17.7 Å². The third kappa shape index (κ3) is 3.31. The molecule has 0 aliphatic carbocycles. The van der Waals surface area contributed by atoms with E-state index in [2.05, 4.69) is 11.7 Å². The second kappa shape index (κ2) is 6.51. The number of ether oxygens (including phenoxy) is 1. The standard InChI is InChI=1S/C17H17F3N4O/c1-5-11(7-6-9(2)17(18,19)20)14-12(8-21)15(22)25-16-13(14)10(3)23-24(16)4/h5-7,14H,2,22H2,1,3-4H3/b7-6-,11-5+. The first-order valence-electron chi connectivity index (χ1n) is 7.33. The number of hydrogen-bond donors (Lipinski definition) is 1. The van der Waals surface area contributed by atoms with Crippen LogP contribution in [0.2, 0.25) is 0 Å². The lowest BCUT2D eigenvalue weighted by Gasteiger charge is -2.25. The van der Waals surface area contributed by atoms with Gasteiger partial charge in [0.2, 0.25) is 11.8 Å². The Morgan fingerprint density at radius 3 is 2.60 bits per heavy atom. The first-order valence-corrected chi connectivity index (χ1v) is 7.33. The largest absolute Gasteiger partial charge is 0.422 e. The fraction of sp³-hybridized carbons (Fsp3) is 0.294. The van der Waals surface area contributed by atoms with Crippen molar-refractivity contribution in [3.63, 3.8) is 0 Å². The normalized spacial score (nSPS) is 18.1. The van der Waals surface area contributed by atoms with E-state index in [9.17, 15) is 18.4 Å². The number of aryl methyl sites for hydroxylation is 2. The monoisotopic (exact) mass is 350 g/mol. The van der Waals surface area contributed by atoms with Crippen LogP contribution in [0.25, 0.3) is 0 Å². The Labute approximate surface area is 143 Å². The number of hydrogen-bond acceptors (Lipinski definition) is 4. The zero-order valence-corrected chi connectivity index (χ0v) is 14.0. The van der Waals surface area contributed by atoms with Gasteiger partial charge >= 0.3 is 6.18 Å². The van der Waals surface area contributed by atoms with Gasteiger partial charge in [0.05, 0.1) is 17.2 Å². The van der Waals surface area contributed by atoms with Gasteiger partial charge in [-0.15, -0.1) is 0 Å². The van der Waals surface area contributed by atoms with Crippen molar-refractivity contribution in [2.75, 3.05) is 0 Å². The molecule has 0 bridgehead atoms. The molecule has 0 saturated carbocycles. The summed E-state index contributed by atoms with van der Waals surface area (Å²) < 4.78 is 45.0. The summed E-state index contributed by atoms with van der Waals surface area (Å²) in [6.45, 7) is 6.42. The molecule has 25 heavy (non-hydrogen) atoms. The molecule has 0 radical (unpaired) electrons. The molecule has 5 nitrogen and oxygen atoms in total. The summed E-state index contributed by atoms with van der Waals surface area (Å²) in [5.41, 5.74) is 6.64. The molecule has 2 N–H and O–H groups in total. The summed E-state index contributed by atoms with van der Waals surface area (Å²) in [6, 6.07) is 1.99. The average Bonchev–Trinajstić information content (AvgIpc) is 2.80. The van der Waals surface area contributed by atoms with E-state index in [1.807, 2.05) is 6.07 Å². The maximum absolute atomic E-state index is 12.7. The lowest BCUT2D eigenvalue weighted by molar-refractivity contribution is -0.0878. The van der Waals surface area contributed by atoms with Crippen LogP contribution < -0.4 is 10.5 Å². The third-order valence-corrected chi connectivity index (χ3v) is 3.89. The Morgan fingerprint density at radius 1 is 1.44 bits per heavy atom. The van der Waals surface area contributed by atoms with Crippen molar-refractivity contribution < 1.29 is 17.9 Å². The van der Waals surface area contributed by atoms with Crippen molar-refractivity contribution in [1.82, 2.24) is 9.78 Å². The fourth-order valence-electron chi connectivity index (χ4n) is 2.66. The minimum atomic E-state index is -4.52. The predicted octanol–water partition coefficient (Wildman–Crippen LogP) is 3.52. The zero-order chi connectivity index (χ0) is 18.9. The molecule has 1 aromatic heterocycles. The molecule has 0 spiro atoms. The van der Waals surface area contributed by atoms with Crippen LogP contribution >= 0.6 is 0 Å². The Balaban J connectivity index is 2.56. The molecule has 2 rings (SSSR count). The molecule has 1 unspecified atom stereocenters. The van der Waals surface area contributed by atoms with E-state index in [0.29, 0.717) is 22.7 Å². The number of aromatic nitrogens is 2. The molecule has 0 fully saturated rings. The second-order valence-corrected chi connectivity index (χ2v) is 5.50. The van der Waals surface area contributed by atoms with Gasteiger partial charge in [-0.05, 0) is 19.4 Å². The number of allylic oxidation sites excluding steroid dienone is 6. The van der Waals surface area contributed by atoms with Gasteiger partial charge < -0.3 is 10.5 Å². The highest BCUT2D eigenvalue weighted by Gasteiger charge is 2.36. The van der Waals surface area contributed by atoms with Crippen molar-refractivity contribution in [2.24, 2.45) is 12.8 Å². The summed E-state index contributed by atoms with van der Waals surface area (Å²) in [5.74, 6) is -0.392. The number of nitrogens with two attached hydrogens (primary N) is 1.